The largest absolute Gasteiger partial charge is 0.317 e. The smallest absolute Gasteiger partial charge is 0.270 e. The van der Waals surface area contributed by atoms with Gasteiger partial charge in [-0.1, -0.05) is 18.2 Å². The number of thiocarbonyl (C=S) groups is 1. The second kappa shape index (κ2) is 8.16. The summed E-state index contributed by atoms with van der Waals surface area (Å²) in [4.78, 5) is 27.1. The Hall–Kier alpha value is -3.58. The van der Waals surface area contributed by atoms with Crippen molar-refractivity contribution in [3.05, 3.63) is 88.0 Å². The molecule has 1 aliphatic rings. The Labute approximate surface area is 191 Å². The molecule has 1 saturated heterocycles. The molecular weight excluding hydrogens is 425 g/mol. The van der Waals surface area contributed by atoms with Crippen molar-refractivity contribution in [2.75, 3.05) is 4.90 Å². The highest BCUT2D eigenvalue weighted by atomic mass is 32.1. The van der Waals surface area contributed by atoms with Gasteiger partial charge in [0.15, 0.2) is 5.11 Å². The SMILES string of the molecule is Cc1cccc(C)c1-n1c(C)cc(C=C2C(=O)NC(=S)N(c3ccc(F)cc3)C2=O)c1C. The summed E-state index contributed by atoms with van der Waals surface area (Å²) >= 11 is 5.20. The molecule has 0 atom stereocenters. The minimum absolute atomic E-state index is 0.0373. The Morgan fingerprint density at radius 2 is 1.59 bits per heavy atom. The van der Waals surface area contributed by atoms with Crippen LogP contribution in [0.15, 0.2) is 54.1 Å². The molecule has 2 amide bonds. The molecule has 0 spiro atoms. The van der Waals surface area contributed by atoms with Crippen LogP contribution in [0.4, 0.5) is 10.1 Å². The molecule has 0 aliphatic carbocycles. The Bertz CT molecular complexity index is 1290. The van der Waals surface area contributed by atoms with Crippen molar-refractivity contribution in [2.24, 2.45) is 0 Å². The molecule has 162 valence electrons. The summed E-state index contributed by atoms with van der Waals surface area (Å²) in [6, 6.07) is 13.4. The lowest BCUT2D eigenvalue weighted by Gasteiger charge is -2.28. The topological polar surface area (TPSA) is 54.3 Å². The highest BCUT2D eigenvalue weighted by Gasteiger charge is 2.34. The van der Waals surface area contributed by atoms with Gasteiger partial charge in [0.2, 0.25) is 0 Å². The molecule has 0 radical (unpaired) electrons. The van der Waals surface area contributed by atoms with E-state index in [9.17, 15) is 14.0 Å². The standard InChI is InChI=1S/C25H22FN3O2S/c1-14-6-5-7-15(2)22(14)28-16(3)12-18(17(28)4)13-21-23(30)27-25(32)29(24(21)31)20-10-8-19(26)9-11-20/h5-13H,1-4H3,(H,27,30,32). The van der Waals surface area contributed by atoms with Crippen LogP contribution in [0.2, 0.25) is 0 Å². The van der Waals surface area contributed by atoms with Gasteiger partial charge in [0.05, 0.1) is 11.4 Å². The van der Waals surface area contributed by atoms with Gasteiger partial charge in [-0.3, -0.25) is 19.8 Å². The fourth-order valence-corrected chi connectivity index (χ4v) is 4.35. The van der Waals surface area contributed by atoms with Gasteiger partial charge in [0.25, 0.3) is 11.8 Å². The maximum atomic E-state index is 13.3. The minimum atomic E-state index is -0.560. The molecule has 0 saturated carbocycles. The van der Waals surface area contributed by atoms with Gasteiger partial charge in [0, 0.05) is 11.4 Å². The molecule has 2 heterocycles. The Morgan fingerprint density at radius 3 is 2.22 bits per heavy atom. The first-order valence-electron chi connectivity index (χ1n) is 10.1. The molecular formula is C25H22FN3O2S. The summed E-state index contributed by atoms with van der Waals surface area (Å²) in [5.74, 6) is -1.54. The molecule has 4 rings (SSSR count). The van der Waals surface area contributed by atoms with Gasteiger partial charge in [-0.05, 0) is 93.0 Å². The molecule has 1 aliphatic heterocycles. The molecule has 3 aromatic rings. The molecule has 0 unspecified atom stereocenters. The number of nitrogens with zero attached hydrogens (tertiary/aromatic N) is 2. The lowest BCUT2D eigenvalue weighted by molar-refractivity contribution is -0.122. The van der Waals surface area contributed by atoms with Gasteiger partial charge in [0.1, 0.15) is 11.4 Å². The number of carbonyl (C=O) groups is 2. The second-order valence-electron chi connectivity index (χ2n) is 7.84. The van der Waals surface area contributed by atoms with Gasteiger partial charge in [-0.25, -0.2) is 4.39 Å². The van der Waals surface area contributed by atoms with Gasteiger partial charge < -0.3 is 4.57 Å². The number of hydrogen-bond acceptors (Lipinski definition) is 3. The van der Waals surface area contributed by atoms with E-state index < -0.39 is 17.6 Å². The molecule has 5 nitrogen and oxygen atoms in total. The summed E-state index contributed by atoms with van der Waals surface area (Å²) in [6.07, 6.45) is 1.59. The maximum absolute atomic E-state index is 13.3. The second-order valence-corrected chi connectivity index (χ2v) is 8.22. The third-order valence-electron chi connectivity index (χ3n) is 5.62. The predicted octanol–water partition coefficient (Wildman–Crippen LogP) is 4.68. The number of anilines is 1. The Kier molecular flexibility index (Phi) is 5.52. The van der Waals surface area contributed by atoms with E-state index in [0.717, 1.165) is 33.8 Å². The summed E-state index contributed by atoms with van der Waals surface area (Å²) in [6.45, 7) is 8.06. The molecule has 1 fully saturated rings. The van der Waals surface area contributed by atoms with Crippen LogP contribution in [0.3, 0.4) is 0 Å². The zero-order valence-electron chi connectivity index (χ0n) is 18.2. The van der Waals surface area contributed by atoms with E-state index in [1.807, 2.05) is 26.0 Å². The zero-order valence-corrected chi connectivity index (χ0v) is 19.0. The lowest BCUT2D eigenvalue weighted by Crippen LogP contribution is -2.54. The fraction of sp³-hybridized carbons (Fsp3) is 0.160. The molecule has 1 N–H and O–H groups in total. The first-order chi connectivity index (χ1) is 15.2. The number of carbonyl (C=O) groups excluding carboxylic acids is 2. The molecule has 1 aromatic heterocycles. The zero-order chi connectivity index (χ0) is 23.2. The van der Waals surface area contributed by atoms with Gasteiger partial charge in [-0.2, -0.15) is 0 Å². The van der Waals surface area contributed by atoms with Crippen molar-refractivity contribution < 1.29 is 14.0 Å². The normalized spacial score (nSPS) is 15.5. The van der Waals surface area contributed by atoms with Crippen molar-refractivity contribution in [3.63, 3.8) is 0 Å². The van der Waals surface area contributed by atoms with E-state index in [4.69, 9.17) is 12.2 Å². The van der Waals surface area contributed by atoms with Crippen molar-refractivity contribution in [1.82, 2.24) is 9.88 Å². The molecule has 0 bridgehead atoms. The Balaban J connectivity index is 1.79. The average molecular weight is 448 g/mol. The lowest BCUT2D eigenvalue weighted by atomic mass is 10.1. The number of amides is 2. The van der Waals surface area contributed by atoms with E-state index in [2.05, 4.69) is 35.9 Å². The van der Waals surface area contributed by atoms with Crippen LogP contribution in [-0.4, -0.2) is 21.5 Å². The predicted molar refractivity (Wildman–Crippen MR) is 127 cm³/mol. The third-order valence-corrected chi connectivity index (χ3v) is 5.90. The maximum Gasteiger partial charge on any atom is 0.270 e. The highest BCUT2D eigenvalue weighted by Crippen LogP contribution is 2.28. The summed E-state index contributed by atoms with van der Waals surface area (Å²) in [5, 5.41) is 2.53. The molecule has 2 aromatic carbocycles. The number of para-hydroxylation sites is 1. The monoisotopic (exact) mass is 447 g/mol. The van der Waals surface area contributed by atoms with E-state index in [1.165, 1.54) is 29.2 Å². The van der Waals surface area contributed by atoms with Crippen molar-refractivity contribution in [2.45, 2.75) is 27.7 Å². The van der Waals surface area contributed by atoms with E-state index in [1.54, 1.807) is 6.08 Å². The van der Waals surface area contributed by atoms with Crippen LogP contribution in [0.1, 0.15) is 28.1 Å². The number of aryl methyl sites for hydroxylation is 3. The summed E-state index contributed by atoms with van der Waals surface area (Å²) in [7, 11) is 0. The van der Waals surface area contributed by atoms with Crippen molar-refractivity contribution in [3.8, 4) is 5.69 Å². The fourth-order valence-electron chi connectivity index (χ4n) is 4.07. The van der Waals surface area contributed by atoms with Crippen molar-refractivity contribution in [1.29, 1.82) is 0 Å². The summed E-state index contributed by atoms with van der Waals surface area (Å²) < 4.78 is 15.5. The number of benzene rings is 2. The average Bonchev–Trinajstić information content (AvgIpc) is 3.00. The summed E-state index contributed by atoms with van der Waals surface area (Å²) in [5.41, 5.74) is 6.35. The van der Waals surface area contributed by atoms with Crippen LogP contribution in [0, 0.1) is 33.5 Å². The Morgan fingerprint density at radius 1 is 0.969 bits per heavy atom. The first kappa shape index (κ1) is 21.6. The third kappa shape index (κ3) is 3.65. The van der Waals surface area contributed by atoms with Crippen molar-refractivity contribution >= 4 is 40.9 Å². The van der Waals surface area contributed by atoms with Crippen LogP contribution in [-0.2, 0) is 9.59 Å². The van der Waals surface area contributed by atoms with E-state index >= 15 is 0 Å². The first-order valence-corrected chi connectivity index (χ1v) is 10.5. The quantitative estimate of drug-likeness (QED) is 0.360. The van der Waals surface area contributed by atoms with Crippen LogP contribution < -0.4 is 10.2 Å². The number of aromatic nitrogens is 1. The number of rotatable bonds is 3. The van der Waals surface area contributed by atoms with Crippen LogP contribution in [0.25, 0.3) is 11.8 Å². The minimum Gasteiger partial charge on any atom is -0.317 e. The van der Waals surface area contributed by atoms with Crippen LogP contribution >= 0.6 is 12.2 Å². The van der Waals surface area contributed by atoms with Crippen LogP contribution in [0.5, 0.6) is 0 Å². The number of halogens is 1. The molecule has 32 heavy (non-hydrogen) atoms. The van der Waals surface area contributed by atoms with Gasteiger partial charge in [-0.15, -0.1) is 0 Å². The van der Waals surface area contributed by atoms with E-state index in [0.29, 0.717) is 5.69 Å². The molecule has 7 heteroatoms. The van der Waals surface area contributed by atoms with Gasteiger partial charge >= 0.3 is 0 Å². The number of nitrogens with one attached hydrogen (secondary N) is 1. The van der Waals surface area contributed by atoms with E-state index in [-0.39, 0.29) is 10.7 Å². The number of hydrogen-bond donors (Lipinski definition) is 1. The highest BCUT2D eigenvalue weighted by molar-refractivity contribution is 7.80.